The van der Waals surface area contributed by atoms with E-state index in [1.54, 1.807) is 0 Å². The van der Waals surface area contributed by atoms with Crippen molar-refractivity contribution in [2.45, 2.75) is 19.5 Å². The van der Waals surface area contributed by atoms with Gasteiger partial charge in [0, 0.05) is 19.6 Å². The standard InChI is InChI=1S/C19H22N2O/c1-20(13-16-7-3-2-4-8-16)15-19(22)21-12-11-17-9-5-6-10-18(17)14-21/h2-10H,11-15H2,1H3. The average Bonchev–Trinajstić information content (AvgIpc) is 2.55. The predicted molar refractivity (Wildman–Crippen MR) is 88.3 cm³/mol. The van der Waals surface area contributed by atoms with Crippen molar-refractivity contribution in [1.29, 1.82) is 0 Å². The van der Waals surface area contributed by atoms with E-state index < -0.39 is 0 Å². The molecule has 0 saturated carbocycles. The molecule has 0 aromatic heterocycles. The summed E-state index contributed by atoms with van der Waals surface area (Å²) in [5.74, 6) is 0.216. The molecule has 3 nitrogen and oxygen atoms in total. The van der Waals surface area contributed by atoms with E-state index in [1.165, 1.54) is 16.7 Å². The van der Waals surface area contributed by atoms with Gasteiger partial charge in [-0.25, -0.2) is 0 Å². The van der Waals surface area contributed by atoms with Crippen LogP contribution in [0.1, 0.15) is 16.7 Å². The monoisotopic (exact) mass is 294 g/mol. The number of carbonyl (C=O) groups is 1. The number of hydrogen-bond acceptors (Lipinski definition) is 2. The fourth-order valence-corrected chi connectivity index (χ4v) is 2.99. The second-order valence-corrected chi connectivity index (χ2v) is 5.99. The van der Waals surface area contributed by atoms with Crippen molar-refractivity contribution >= 4 is 5.91 Å². The minimum atomic E-state index is 0.216. The molecule has 22 heavy (non-hydrogen) atoms. The third-order valence-corrected chi connectivity index (χ3v) is 4.18. The highest BCUT2D eigenvalue weighted by Gasteiger charge is 2.21. The van der Waals surface area contributed by atoms with Crippen LogP contribution < -0.4 is 0 Å². The van der Waals surface area contributed by atoms with E-state index in [0.717, 1.165) is 26.1 Å². The van der Waals surface area contributed by atoms with E-state index >= 15 is 0 Å². The Balaban J connectivity index is 1.56. The molecule has 0 bridgehead atoms. The summed E-state index contributed by atoms with van der Waals surface area (Å²) in [6.07, 6.45) is 0.963. The summed E-state index contributed by atoms with van der Waals surface area (Å²) in [6.45, 7) is 2.84. The Morgan fingerprint density at radius 2 is 1.73 bits per heavy atom. The molecule has 0 spiro atoms. The smallest absolute Gasteiger partial charge is 0.237 e. The Morgan fingerprint density at radius 3 is 2.50 bits per heavy atom. The predicted octanol–water partition coefficient (Wildman–Crippen LogP) is 2.70. The molecule has 0 saturated heterocycles. The molecular weight excluding hydrogens is 272 g/mol. The molecule has 2 aromatic rings. The fraction of sp³-hybridized carbons (Fsp3) is 0.316. The van der Waals surface area contributed by atoms with Crippen LogP contribution in [-0.4, -0.2) is 35.8 Å². The van der Waals surface area contributed by atoms with Crippen LogP contribution in [0.25, 0.3) is 0 Å². The summed E-state index contributed by atoms with van der Waals surface area (Å²) in [7, 11) is 2.00. The lowest BCUT2D eigenvalue weighted by atomic mass is 10.00. The van der Waals surface area contributed by atoms with Gasteiger partial charge in [-0.1, -0.05) is 54.6 Å². The van der Waals surface area contributed by atoms with Crippen molar-refractivity contribution < 1.29 is 4.79 Å². The van der Waals surface area contributed by atoms with Gasteiger partial charge in [0.25, 0.3) is 0 Å². The van der Waals surface area contributed by atoms with Gasteiger partial charge in [-0.15, -0.1) is 0 Å². The Hall–Kier alpha value is -2.13. The molecule has 1 aliphatic heterocycles. The number of rotatable bonds is 4. The topological polar surface area (TPSA) is 23.6 Å². The molecule has 0 atom stereocenters. The third kappa shape index (κ3) is 3.55. The van der Waals surface area contributed by atoms with Crippen molar-refractivity contribution in [3.8, 4) is 0 Å². The quantitative estimate of drug-likeness (QED) is 0.865. The van der Waals surface area contributed by atoms with E-state index in [9.17, 15) is 4.79 Å². The van der Waals surface area contributed by atoms with Crippen molar-refractivity contribution in [2.24, 2.45) is 0 Å². The molecule has 0 fully saturated rings. The van der Waals surface area contributed by atoms with Crippen LogP contribution in [0.4, 0.5) is 0 Å². The van der Waals surface area contributed by atoms with Crippen molar-refractivity contribution in [3.63, 3.8) is 0 Å². The first kappa shape index (κ1) is 14.8. The third-order valence-electron chi connectivity index (χ3n) is 4.18. The van der Waals surface area contributed by atoms with Crippen LogP contribution in [-0.2, 0) is 24.3 Å². The molecule has 1 heterocycles. The van der Waals surface area contributed by atoms with Gasteiger partial charge >= 0.3 is 0 Å². The molecule has 1 aliphatic rings. The molecule has 0 unspecified atom stereocenters. The highest BCUT2D eigenvalue weighted by molar-refractivity contribution is 5.78. The van der Waals surface area contributed by atoms with Gasteiger partial charge in [-0.3, -0.25) is 9.69 Å². The number of benzene rings is 2. The number of likely N-dealkylation sites (N-methyl/N-ethyl adjacent to an activating group) is 1. The van der Waals surface area contributed by atoms with Gasteiger partial charge in [0.05, 0.1) is 6.54 Å². The summed E-state index contributed by atoms with van der Waals surface area (Å²) in [5.41, 5.74) is 3.90. The zero-order valence-electron chi connectivity index (χ0n) is 13.0. The maximum atomic E-state index is 12.5. The highest BCUT2D eigenvalue weighted by Crippen LogP contribution is 2.18. The SMILES string of the molecule is CN(CC(=O)N1CCc2ccccc2C1)Cc1ccccc1. The minimum absolute atomic E-state index is 0.216. The van der Waals surface area contributed by atoms with E-state index in [-0.39, 0.29) is 5.91 Å². The normalized spacial score (nSPS) is 14.0. The van der Waals surface area contributed by atoms with E-state index in [0.29, 0.717) is 6.54 Å². The molecule has 2 aromatic carbocycles. The molecule has 0 N–H and O–H groups in total. The lowest BCUT2D eigenvalue weighted by Gasteiger charge is -2.30. The van der Waals surface area contributed by atoms with Crippen LogP contribution in [0, 0.1) is 0 Å². The van der Waals surface area contributed by atoms with Crippen LogP contribution in [0.15, 0.2) is 54.6 Å². The zero-order chi connectivity index (χ0) is 15.4. The van der Waals surface area contributed by atoms with Gasteiger partial charge in [0.2, 0.25) is 5.91 Å². The highest BCUT2D eigenvalue weighted by atomic mass is 16.2. The van der Waals surface area contributed by atoms with Crippen molar-refractivity contribution in [3.05, 3.63) is 71.3 Å². The van der Waals surface area contributed by atoms with Crippen LogP contribution in [0.5, 0.6) is 0 Å². The summed E-state index contributed by atoms with van der Waals surface area (Å²) in [5, 5.41) is 0. The lowest BCUT2D eigenvalue weighted by Crippen LogP contribution is -2.41. The minimum Gasteiger partial charge on any atom is -0.337 e. The number of amides is 1. The van der Waals surface area contributed by atoms with Crippen molar-refractivity contribution in [2.75, 3.05) is 20.1 Å². The van der Waals surface area contributed by atoms with Gasteiger partial charge < -0.3 is 4.90 Å². The number of carbonyl (C=O) groups excluding carboxylic acids is 1. The second-order valence-electron chi connectivity index (χ2n) is 5.99. The van der Waals surface area contributed by atoms with Gasteiger partial charge in [-0.05, 0) is 30.2 Å². The Morgan fingerprint density at radius 1 is 1.05 bits per heavy atom. The lowest BCUT2D eigenvalue weighted by molar-refractivity contribution is -0.133. The summed E-state index contributed by atoms with van der Waals surface area (Å²) < 4.78 is 0. The molecule has 3 heteroatoms. The first-order valence-electron chi connectivity index (χ1n) is 7.79. The van der Waals surface area contributed by atoms with Crippen LogP contribution >= 0.6 is 0 Å². The van der Waals surface area contributed by atoms with E-state index in [2.05, 4.69) is 35.2 Å². The molecule has 0 aliphatic carbocycles. The van der Waals surface area contributed by atoms with Gasteiger partial charge in [-0.2, -0.15) is 0 Å². The number of nitrogens with zero attached hydrogens (tertiary/aromatic N) is 2. The molecule has 3 rings (SSSR count). The Kier molecular flexibility index (Phi) is 4.54. The molecular formula is C19H22N2O. The van der Waals surface area contributed by atoms with Gasteiger partial charge in [0.1, 0.15) is 0 Å². The fourth-order valence-electron chi connectivity index (χ4n) is 2.99. The maximum Gasteiger partial charge on any atom is 0.237 e. The van der Waals surface area contributed by atoms with E-state index in [4.69, 9.17) is 0 Å². The molecule has 0 radical (unpaired) electrons. The summed E-state index contributed by atoms with van der Waals surface area (Å²) in [4.78, 5) is 16.6. The van der Waals surface area contributed by atoms with Crippen LogP contribution in [0.3, 0.4) is 0 Å². The Bertz CT molecular complexity index is 639. The van der Waals surface area contributed by atoms with Gasteiger partial charge in [0.15, 0.2) is 0 Å². The van der Waals surface area contributed by atoms with Crippen LogP contribution in [0.2, 0.25) is 0 Å². The average molecular weight is 294 g/mol. The second kappa shape index (κ2) is 6.75. The largest absolute Gasteiger partial charge is 0.337 e. The summed E-state index contributed by atoms with van der Waals surface area (Å²) >= 11 is 0. The number of fused-ring (bicyclic) bond motifs is 1. The summed E-state index contributed by atoms with van der Waals surface area (Å²) in [6, 6.07) is 18.7. The number of hydrogen-bond donors (Lipinski definition) is 0. The van der Waals surface area contributed by atoms with E-state index in [1.807, 2.05) is 36.2 Å². The first-order chi connectivity index (χ1) is 10.7. The Labute approximate surface area is 132 Å². The molecule has 1 amide bonds. The maximum absolute atomic E-state index is 12.5. The zero-order valence-corrected chi connectivity index (χ0v) is 13.0. The van der Waals surface area contributed by atoms with Crippen molar-refractivity contribution in [1.82, 2.24) is 9.80 Å². The first-order valence-corrected chi connectivity index (χ1v) is 7.79. The molecule has 114 valence electrons.